The molecular formula is C17H33NO. The molecule has 1 N–H and O–H groups in total. The molecule has 0 aromatic heterocycles. The van der Waals surface area contributed by atoms with Crippen molar-refractivity contribution in [2.75, 3.05) is 13.7 Å². The molecular weight excluding hydrogens is 234 g/mol. The van der Waals surface area contributed by atoms with Gasteiger partial charge in [0, 0.05) is 13.2 Å². The van der Waals surface area contributed by atoms with E-state index in [1.54, 1.807) is 0 Å². The van der Waals surface area contributed by atoms with Gasteiger partial charge in [-0.2, -0.15) is 0 Å². The van der Waals surface area contributed by atoms with Gasteiger partial charge in [-0.05, 0) is 68.7 Å². The van der Waals surface area contributed by atoms with Gasteiger partial charge in [0.1, 0.15) is 0 Å². The third-order valence-corrected chi connectivity index (χ3v) is 5.50. The first-order chi connectivity index (χ1) is 9.00. The monoisotopic (exact) mass is 267 g/mol. The summed E-state index contributed by atoms with van der Waals surface area (Å²) in [6, 6.07) is 0.616. The second kappa shape index (κ2) is 6.58. The number of methoxy groups -OCH3 is 1. The molecule has 2 atom stereocenters. The van der Waals surface area contributed by atoms with Gasteiger partial charge in [-0.1, -0.05) is 20.8 Å². The SMILES string of the molecule is COC1CCCC1NCC1CCC(C(C)(C)C)CC1. The van der Waals surface area contributed by atoms with E-state index in [4.69, 9.17) is 4.74 Å². The Morgan fingerprint density at radius 2 is 1.68 bits per heavy atom. The molecule has 0 aromatic rings. The lowest BCUT2D eigenvalue weighted by Gasteiger charge is -2.37. The molecule has 2 unspecified atom stereocenters. The van der Waals surface area contributed by atoms with Gasteiger partial charge >= 0.3 is 0 Å². The van der Waals surface area contributed by atoms with Crippen molar-refractivity contribution in [3.05, 3.63) is 0 Å². The summed E-state index contributed by atoms with van der Waals surface area (Å²) in [6.45, 7) is 8.41. The smallest absolute Gasteiger partial charge is 0.0724 e. The van der Waals surface area contributed by atoms with Gasteiger partial charge in [-0.25, -0.2) is 0 Å². The summed E-state index contributed by atoms with van der Waals surface area (Å²) in [5.41, 5.74) is 0.505. The van der Waals surface area contributed by atoms with Crippen molar-refractivity contribution in [3.63, 3.8) is 0 Å². The van der Waals surface area contributed by atoms with Crippen LogP contribution < -0.4 is 5.32 Å². The summed E-state index contributed by atoms with van der Waals surface area (Å²) in [6.07, 6.45) is 10.0. The first-order valence-corrected chi connectivity index (χ1v) is 8.27. The molecule has 0 aromatic carbocycles. The van der Waals surface area contributed by atoms with Crippen LogP contribution in [-0.2, 0) is 4.74 Å². The average Bonchev–Trinajstić information content (AvgIpc) is 2.83. The fourth-order valence-corrected chi connectivity index (χ4v) is 3.99. The molecule has 0 amide bonds. The maximum absolute atomic E-state index is 5.56. The fourth-order valence-electron chi connectivity index (χ4n) is 3.99. The van der Waals surface area contributed by atoms with Crippen molar-refractivity contribution in [3.8, 4) is 0 Å². The van der Waals surface area contributed by atoms with E-state index in [1.807, 2.05) is 7.11 Å². The van der Waals surface area contributed by atoms with Crippen LogP contribution in [0.25, 0.3) is 0 Å². The molecule has 0 saturated heterocycles. The predicted octanol–water partition coefficient (Wildman–Crippen LogP) is 4.00. The van der Waals surface area contributed by atoms with Crippen LogP contribution in [0.3, 0.4) is 0 Å². The largest absolute Gasteiger partial charge is 0.380 e. The molecule has 0 bridgehead atoms. The number of ether oxygens (including phenoxy) is 1. The van der Waals surface area contributed by atoms with Crippen LogP contribution in [0.5, 0.6) is 0 Å². The highest BCUT2D eigenvalue weighted by molar-refractivity contribution is 4.86. The third-order valence-electron chi connectivity index (χ3n) is 5.50. The Bertz CT molecular complexity index is 263. The lowest BCUT2D eigenvalue weighted by atomic mass is 9.70. The molecule has 2 rings (SSSR count). The van der Waals surface area contributed by atoms with E-state index < -0.39 is 0 Å². The molecule has 2 nitrogen and oxygen atoms in total. The van der Waals surface area contributed by atoms with Crippen LogP contribution in [-0.4, -0.2) is 25.8 Å². The average molecular weight is 267 g/mol. The molecule has 0 radical (unpaired) electrons. The van der Waals surface area contributed by atoms with E-state index in [0.29, 0.717) is 17.6 Å². The topological polar surface area (TPSA) is 21.3 Å². The van der Waals surface area contributed by atoms with E-state index in [0.717, 1.165) is 11.8 Å². The van der Waals surface area contributed by atoms with Crippen molar-refractivity contribution in [2.24, 2.45) is 17.3 Å². The summed E-state index contributed by atoms with van der Waals surface area (Å²) >= 11 is 0. The Labute approximate surface area is 119 Å². The maximum atomic E-state index is 5.56. The quantitative estimate of drug-likeness (QED) is 0.831. The summed E-state index contributed by atoms with van der Waals surface area (Å²) in [7, 11) is 1.86. The van der Waals surface area contributed by atoms with E-state index >= 15 is 0 Å². The van der Waals surface area contributed by atoms with E-state index in [9.17, 15) is 0 Å². The minimum Gasteiger partial charge on any atom is -0.380 e. The van der Waals surface area contributed by atoms with Gasteiger partial charge in [0.25, 0.3) is 0 Å². The van der Waals surface area contributed by atoms with Crippen LogP contribution in [0.15, 0.2) is 0 Å². The highest BCUT2D eigenvalue weighted by Gasteiger charge is 2.31. The minimum atomic E-state index is 0.464. The molecule has 0 heterocycles. The molecule has 2 saturated carbocycles. The van der Waals surface area contributed by atoms with Crippen molar-refractivity contribution in [1.82, 2.24) is 5.32 Å². The standard InChI is InChI=1S/C17H33NO/c1-17(2,3)14-10-8-13(9-11-14)12-18-15-6-5-7-16(15)19-4/h13-16,18H,5-12H2,1-4H3. The Hall–Kier alpha value is -0.0800. The molecule has 2 heteroatoms. The second-order valence-electron chi connectivity index (χ2n) is 7.80. The Balaban J connectivity index is 1.68. The maximum Gasteiger partial charge on any atom is 0.0724 e. The van der Waals surface area contributed by atoms with E-state index in [2.05, 4.69) is 26.1 Å². The molecule has 0 spiro atoms. The normalized spacial score (nSPS) is 36.6. The zero-order valence-electron chi connectivity index (χ0n) is 13.4. The van der Waals surface area contributed by atoms with Gasteiger partial charge in [0.05, 0.1) is 6.10 Å². The zero-order valence-corrected chi connectivity index (χ0v) is 13.4. The van der Waals surface area contributed by atoms with Crippen molar-refractivity contribution >= 4 is 0 Å². The Morgan fingerprint density at radius 3 is 2.26 bits per heavy atom. The molecule has 19 heavy (non-hydrogen) atoms. The molecule has 2 aliphatic carbocycles. The van der Waals surface area contributed by atoms with Gasteiger partial charge in [-0.3, -0.25) is 0 Å². The zero-order chi connectivity index (χ0) is 13.9. The van der Waals surface area contributed by atoms with Gasteiger partial charge in [-0.15, -0.1) is 0 Å². The molecule has 2 aliphatic rings. The van der Waals surface area contributed by atoms with Crippen LogP contribution >= 0.6 is 0 Å². The van der Waals surface area contributed by atoms with Crippen LogP contribution in [0.2, 0.25) is 0 Å². The Morgan fingerprint density at radius 1 is 1.00 bits per heavy atom. The third kappa shape index (κ3) is 4.19. The van der Waals surface area contributed by atoms with E-state index in [1.165, 1.54) is 51.5 Å². The highest BCUT2D eigenvalue weighted by atomic mass is 16.5. The number of nitrogens with one attached hydrogen (secondary N) is 1. The Kier molecular flexibility index (Phi) is 5.30. The fraction of sp³-hybridized carbons (Fsp3) is 1.00. The van der Waals surface area contributed by atoms with Crippen molar-refractivity contribution < 1.29 is 4.74 Å². The van der Waals surface area contributed by atoms with Gasteiger partial charge in [0.15, 0.2) is 0 Å². The lowest BCUT2D eigenvalue weighted by molar-refractivity contribution is 0.0810. The first-order valence-electron chi connectivity index (χ1n) is 8.27. The molecule has 112 valence electrons. The highest BCUT2D eigenvalue weighted by Crippen LogP contribution is 2.39. The predicted molar refractivity (Wildman–Crippen MR) is 81.3 cm³/mol. The lowest BCUT2D eigenvalue weighted by Crippen LogP contribution is -2.40. The van der Waals surface area contributed by atoms with Crippen LogP contribution in [0.1, 0.15) is 65.7 Å². The second-order valence-corrected chi connectivity index (χ2v) is 7.80. The number of hydrogen-bond donors (Lipinski definition) is 1. The van der Waals surface area contributed by atoms with Crippen LogP contribution in [0.4, 0.5) is 0 Å². The number of hydrogen-bond acceptors (Lipinski definition) is 2. The van der Waals surface area contributed by atoms with E-state index in [-0.39, 0.29) is 0 Å². The van der Waals surface area contributed by atoms with Gasteiger partial charge in [0.2, 0.25) is 0 Å². The summed E-state index contributed by atoms with van der Waals surface area (Å²) < 4.78 is 5.56. The van der Waals surface area contributed by atoms with Crippen LogP contribution in [0, 0.1) is 17.3 Å². The van der Waals surface area contributed by atoms with Gasteiger partial charge < -0.3 is 10.1 Å². The van der Waals surface area contributed by atoms with Crippen molar-refractivity contribution in [2.45, 2.75) is 77.9 Å². The molecule has 2 fully saturated rings. The minimum absolute atomic E-state index is 0.464. The number of rotatable bonds is 4. The first kappa shape index (κ1) is 15.3. The van der Waals surface area contributed by atoms with Crippen molar-refractivity contribution in [1.29, 1.82) is 0 Å². The summed E-state index contributed by atoms with van der Waals surface area (Å²) in [4.78, 5) is 0. The molecule has 0 aliphatic heterocycles. The summed E-state index contributed by atoms with van der Waals surface area (Å²) in [5, 5.41) is 3.78. The summed E-state index contributed by atoms with van der Waals surface area (Å²) in [5.74, 6) is 1.83.